The van der Waals surface area contributed by atoms with Crippen molar-refractivity contribution >= 4 is 0 Å². The molecule has 1 aromatic carbocycles. The van der Waals surface area contributed by atoms with Crippen LogP contribution in [0.4, 0.5) is 4.39 Å². The molecule has 1 atom stereocenters. The van der Waals surface area contributed by atoms with E-state index in [0.717, 1.165) is 5.56 Å². The molecule has 18 heavy (non-hydrogen) atoms. The first-order valence-electron chi connectivity index (χ1n) is 6.01. The summed E-state index contributed by atoms with van der Waals surface area (Å²) < 4.78 is 24.2. The Morgan fingerprint density at radius 2 is 2.28 bits per heavy atom. The maximum Gasteiger partial charge on any atom is 0.165 e. The molecule has 1 fully saturated rings. The molecule has 0 bridgehead atoms. The molecule has 0 radical (unpaired) electrons. The first-order chi connectivity index (χ1) is 8.64. The summed E-state index contributed by atoms with van der Waals surface area (Å²) in [5, 5.41) is 9.21. The van der Waals surface area contributed by atoms with Gasteiger partial charge in [-0.1, -0.05) is 6.07 Å². The summed E-state index contributed by atoms with van der Waals surface area (Å²) in [6.07, 6.45) is 0. The van der Waals surface area contributed by atoms with E-state index in [9.17, 15) is 9.50 Å². The lowest BCUT2D eigenvalue weighted by Gasteiger charge is -2.45. The number of aliphatic hydroxyl groups excluding tert-OH is 1. The number of benzene rings is 1. The van der Waals surface area contributed by atoms with Gasteiger partial charge in [0.25, 0.3) is 0 Å². The molecule has 5 heteroatoms. The summed E-state index contributed by atoms with van der Waals surface area (Å²) in [6, 6.07) is 4.34. The second-order valence-electron chi connectivity index (χ2n) is 4.52. The van der Waals surface area contributed by atoms with Crippen LogP contribution in [-0.2, 0) is 10.2 Å². The molecule has 100 valence electrons. The monoisotopic (exact) mass is 255 g/mol. The summed E-state index contributed by atoms with van der Waals surface area (Å²) in [6.45, 7) is 2.87. The molecule has 0 spiro atoms. The van der Waals surface area contributed by atoms with E-state index in [1.54, 1.807) is 19.1 Å². The lowest BCUT2D eigenvalue weighted by Crippen LogP contribution is -2.60. The second kappa shape index (κ2) is 5.22. The van der Waals surface area contributed by atoms with Gasteiger partial charge in [0.1, 0.15) is 0 Å². The van der Waals surface area contributed by atoms with Crippen LogP contribution in [0.15, 0.2) is 18.2 Å². The van der Waals surface area contributed by atoms with Crippen LogP contribution in [0.1, 0.15) is 12.5 Å². The molecular weight excluding hydrogens is 237 g/mol. The quantitative estimate of drug-likeness (QED) is 0.817. The third-order valence-corrected chi connectivity index (χ3v) is 3.43. The van der Waals surface area contributed by atoms with Crippen molar-refractivity contribution in [3.05, 3.63) is 29.6 Å². The molecule has 1 aromatic rings. The topological polar surface area (TPSA) is 64.7 Å². The molecular formula is C13H18FNO3. The maximum absolute atomic E-state index is 13.8. The van der Waals surface area contributed by atoms with Gasteiger partial charge < -0.3 is 20.3 Å². The second-order valence-corrected chi connectivity index (χ2v) is 4.52. The van der Waals surface area contributed by atoms with Crippen LogP contribution in [0.5, 0.6) is 5.75 Å². The van der Waals surface area contributed by atoms with Crippen LogP contribution in [0.2, 0.25) is 0 Å². The van der Waals surface area contributed by atoms with Gasteiger partial charge >= 0.3 is 0 Å². The van der Waals surface area contributed by atoms with E-state index in [-0.39, 0.29) is 12.4 Å². The summed E-state index contributed by atoms with van der Waals surface area (Å²) in [4.78, 5) is 0. The molecule has 1 aliphatic heterocycles. The molecule has 1 heterocycles. The number of nitrogens with two attached hydrogens (primary N) is 1. The SMILES string of the molecule is CCOc1ccc(C2(C(N)CO)COC2)cc1F. The largest absolute Gasteiger partial charge is 0.491 e. The Bertz CT molecular complexity index is 421. The molecule has 1 saturated heterocycles. The molecule has 3 N–H and O–H groups in total. The normalized spacial score (nSPS) is 19.1. The van der Waals surface area contributed by atoms with E-state index in [1.165, 1.54) is 6.07 Å². The Balaban J connectivity index is 2.30. The van der Waals surface area contributed by atoms with Crippen molar-refractivity contribution in [2.75, 3.05) is 26.4 Å². The van der Waals surface area contributed by atoms with E-state index >= 15 is 0 Å². The lowest BCUT2D eigenvalue weighted by atomic mass is 9.73. The van der Waals surface area contributed by atoms with Gasteiger partial charge in [-0.05, 0) is 24.6 Å². The van der Waals surface area contributed by atoms with Gasteiger partial charge in [0, 0.05) is 6.04 Å². The zero-order chi connectivity index (χ0) is 13.2. The van der Waals surface area contributed by atoms with Crippen LogP contribution >= 0.6 is 0 Å². The van der Waals surface area contributed by atoms with Crippen LogP contribution < -0.4 is 10.5 Å². The van der Waals surface area contributed by atoms with Crippen molar-refractivity contribution in [2.45, 2.75) is 18.4 Å². The molecule has 0 aromatic heterocycles. The highest BCUT2D eigenvalue weighted by molar-refractivity contribution is 5.37. The highest BCUT2D eigenvalue weighted by Crippen LogP contribution is 2.36. The van der Waals surface area contributed by atoms with Gasteiger partial charge in [-0.3, -0.25) is 0 Å². The van der Waals surface area contributed by atoms with Crippen molar-refractivity contribution in [1.29, 1.82) is 0 Å². The van der Waals surface area contributed by atoms with E-state index in [2.05, 4.69) is 0 Å². The minimum absolute atomic E-state index is 0.155. The lowest BCUT2D eigenvalue weighted by molar-refractivity contribution is -0.0799. The van der Waals surface area contributed by atoms with E-state index in [4.69, 9.17) is 15.2 Å². The Morgan fingerprint density at radius 3 is 2.72 bits per heavy atom. The molecule has 4 nitrogen and oxygen atoms in total. The molecule has 0 aliphatic carbocycles. The smallest absolute Gasteiger partial charge is 0.165 e. The highest BCUT2D eigenvalue weighted by Gasteiger charge is 2.45. The summed E-state index contributed by atoms with van der Waals surface area (Å²) >= 11 is 0. The van der Waals surface area contributed by atoms with Gasteiger partial charge in [-0.2, -0.15) is 0 Å². The van der Waals surface area contributed by atoms with Crippen LogP contribution in [0.25, 0.3) is 0 Å². The average molecular weight is 255 g/mol. The summed E-state index contributed by atoms with van der Waals surface area (Å²) in [7, 11) is 0. The van der Waals surface area contributed by atoms with Crippen molar-refractivity contribution in [1.82, 2.24) is 0 Å². The van der Waals surface area contributed by atoms with Gasteiger partial charge in [0.2, 0.25) is 0 Å². The van der Waals surface area contributed by atoms with Gasteiger partial charge in [-0.25, -0.2) is 4.39 Å². The molecule has 2 rings (SSSR count). The number of rotatable bonds is 5. The van der Waals surface area contributed by atoms with Gasteiger partial charge in [0.05, 0.1) is 31.8 Å². The molecule has 0 amide bonds. The van der Waals surface area contributed by atoms with Crippen molar-refractivity contribution < 1.29 is 19.0 Å². The average Bonchev–Trinajstić information content (AvgIpc) is 2.31. The minimum Gasteiger partial charge on any atom is -0.491 e. The van der Waals surface area contributed by atoms with Gasteiger partial charge in [-0.15, -0.1) is 0 Å². The van der Waals surface area contributed by atoms with E-state index in [0.29, 0.717) is 19.8 Å². The standard InChI is InChI=1S/C13H18FNO3/c1-2-18-11-4-3-9(5-10(11)14)13(7-17-8-13)12(15)6-16/h3-5,12,16H,2,6-8,15H2,1H3. The van der Waals surface area contributed by atoms with Crippen molar-refractivity contribution in [2.24, 2.45) is 5.73 Å². The number of hydrogen-bond donors (Lipinski definition) is 2. The van der Waals surface area contributed by atoms with Gasteiger partial charge in [0.15, 0.2) is 11.6 Å². The number of aliphatic hydroxyl groups is 1. The first kappa shape index (κ1) is 13.3. The van der Waals surface area contributed by atoms with Crippen molar-refractivity contribution in [3.63, 3.8) is 0 Å². The number of halogens is 1. The first-order valence-corrected chi connectivity index (χ1v) is 6.01. The van der Waals surface area contributed by atoms with Crippen LogP contribution in [-0.4, -0.2) is 37.6 Å². The van der Waals surface area contributed by atoms with E-state index < -0.39 is 17.3 Å². The fraction of sp³-hybridized carbons (Fsp3) is 0.538. The predicted molar refractivity (Wildman–Crippen MR) is 65.1 cm³/mol. The molecule has 1 aliphatic rings. The Morgan fingerprint density at radius 1 is 1.56 bits per heavy atom. The zero-order valence-electron chi connectivity index (χ0n) is 10.4. The minimum atomic E-state index is -0.486. The molecule has 1 unspecified atom stereocenters. The third-order valence-electron chi connectivity index (χ3n) is 3.43. The number of hydrogen-bond acceptors (Lipinski definition) is 4. The Labute approximate surface area is 106 Å². The zero-order valence-corrected chi connectivity index (χ0v) is 10.4. The molecule has 0 saturated carbocycles. The van der Waals surface area contributed by atoms with Crippen LogP contribution in [0, 0.1) is 5.82 Å². The fourth-order valence-corrected chi connectivity index (χ4v) is 2.17. The third kappa shape index (κ3) is 2.09. The highest BCUT2D eigenvalue weighted by atomic mass is 19.1. The Kier molecular flexibility index (Phi) is 3.85. The number of ether oxygens (including phenoxy) is 2. The van der Waals surface area contributed by atoms with E-state index in [1.807, 2.05) is 0 Å². The maximum atomic E-state index is 13.8. The summed E-state index contributed by atoms with van der Waals surface area (Å²) in [5.41, 5.74) is 6.17. The summed E-state index contributed by atoms with van der Waals surface area (Å²) in [5.74, 6) is -0.181. The Hall–Kier alpha value is -1.17. The fourth-order valence-electron chi connectivity index (χ4n) is 2.17. The van der Waals surface area contributed by atoms with Crippen molar-refractivity contribution in [3.8, 4) is 5.75 Å². The predicted octanol–water partition coefficient (Wildman–Crippen LogP) is 0.812. The van der Waals surface area contributed by atoms with Crippen LogP contribution in [0.3, 0.4) is 0 Å².